The summed E-state index contributed by atoms with van der Waals surface area (Å²) in [7, 11) is 0. The predicted octanol–water partition coefficient (Wildman–Crippen LogP) is 2.85. The Balaban J connectivity index is 1.79. The molecule has 0 bridgehead atoms. The van der Waals surface area contributed by atoms with Crippen molar-refractivity contribution in [1.82, 2.24) is 14.9 Å². The number of rotatable bonds is 5. The third-order valence-electron chi connectivity index (χ3n) is 3.88. The summed E-state index contributed by atoms with van der Waals surface area (Å²) in [4.78, 5) is 11.2. The fourth-order valence-electron chi connectivity index (χ4n) is 2.85. The third-order valence-corrected chi connectivity index (χ3v) is 3.88. The largest absolute Gasteiger partial charge is 0.354 e. The van der Waals surface area contributed by atoms with Crippen LogP contribution in [0.15, 0.2) is 12.4 Å². The number of nitrogens with one attached hydrogen (secondary N) is 1. The smallest absolute Gasteiger partial charge is 0.222 e. The van der Waals surface area contributed by atoms with Crippen LogP contribution < -0.4 is 5.32 Å². The van der Waals surface area contributed by atoms with Gasteiger partial charge in [0.25, 0.3) is 0 Å². The summed E-state index contributed by atoms with van der Waals surface area (Å²) in [5.41, 5.74) is 1.10. The van der Waals surface area contributed by atoms with Crippen LogP contribution in [-0.4, -0.2) is 40.0 Å². The van der Waals surface area contributed by atoms with E-state index in [2.05, 4.69) is 34.0 Å². The van der Waals surface area contributed by atoms with E-state index in [0.29, 0.717) is 12.1 Å². The van der Waals surface area contributed by atoms with E-state index in [0.717, 1.165) is 18.1 Å². The fraction of sp³-hybridized carbons (Fsp3) is 0.733. The first-order chi connectivity index (χ1) is 9.16. The SMILES string of the molecule is Cc1cnc(NCC[C@@H]2CCCCN2C(C)C)nc1. The Hall–Kier alpha value is -1.16. The summed E-state index contributed by atoms with van der Waals surface area (Å²) in [6.07, 6.45) is 8.94. The molecule has 19 heavy (non-hydrogen) atoms. The molecule has 0 saturated carbocycles. The van der Waals surface area contributed by atoms with Gasteiger partial charge in [-0.3, -0.25) is 4.90 Å². The minimum Gasteiger partial charge on any atom is -0.354 e. The molecule has 1 aliphatic heterocycles. The number of hydrogen-bond donors (Lipinski definition) is 1. The van der Waals surface area contributed by atoms with E-state index in [1.54, 1.807) is 0 Å². The van der Waals surface area contributed by atoms with E-state index in [-0.39, 0.29) is 0 Å². The molecule has 0 aromatic carbocycles. The molecule has 1 fully saturated rings. The molecule has 1 N–H and O–H groups in total. The van der Waals surface area contributed by atoms with Gasteiger partial charge in [-0.25, -0.2) is 9.97 Å². The molecule has 0 radical (unpaired) electrons. The van der Waals surface area contributed by atoms with Crippen molar-refractivity contribution in [2.75, 3.05) is 18.4 Å². The predicted molar refractivity (Wildman–Crippen MR) is 79.4 cm³/mol. The molecule has 2 rings (SSSR count). The highest BCUT2D eigenvalue weighted by molar-refractivity contribution is 5.23. The van der Waals surface area contributed by atoms with E-state index in [1.165, 1.54) is 32.2 Å². The number of likely N-dealkylation sites (tertiary alicyclic amines) is 1. The Bertz CT molecular complexity index is 374. The van der Waals surface area contributed by atoms with Gasteiger partial charge >= 0.3 is 0 Å². The third kappa shape index (κ3) is 4.16. The Morgan fingerprint density at radius 1 is 1.32 bits per heavy atom. The molecule has 106 valence electrons. The topological polar surface area (TPSA) is 41.1 Å². The van der Waals surface area contributed by atoms with E-state index in [9.17, 15) is 0 Å². The highest BCUT2D eigenvalue weighted by Gasteiger charge is 2.23. The highest BCUT2D eigenvalue weighted by Crippen LogP contribution is 2.21. The minimum atomic E-state index is 0.654. The summed E-state index contributed by atoms with van der Waals surface area (Å²) in [5, 5.41) is 3.33. The van der Waals surface area contributed by atoms with Crippen molar-refractivity contribution in [2.45, 2.75) is 58.5 Å². The second-order valence-corrected chi connectivity index (χ2v) is 5.78. The number of aromatic nitrogens is 2. The maximum atomic E-state index is 4.28. The van der Waals surface area contributed by atoms with Gasteiger partial charge in [-0.05, 0) is 52.1 Å². The number of piperidine rings is 1. The average Bonchev–Trinajstić information content (AvgIpc) is 2.41. The van der Waals surface area contributed by atoms with Gasteiger partial charge < -0.3 is 5.32 Å². The molecule has 1 aromatic heterocycles. The zero-order chi connectivity index (χ0) is 13.7. The van der Waals surface area contributed by atoms with E-state index < -0.39 is 0 Å². The normalized spacial score (nSPS) is 20.7. The summed E-state index contributed by atoms with van der Waals surface area (Å²) < 4.78 is 0. The van der Waals surface area contributed by atoms with Gasteiger partial charge in [0.1, 0.15) is 0 Å². The zero-order valence-corrected chi connectivity index (χ0v) is 12.4. The van der Waals surface area contributed by atoms with Crippen molar-refractivity contribution in [1.29, 1.82) is 0 Å². The van der Waals surface area contributed by atoms with Gasteiger partial charge in [0.15, 0.2) is 0 Å². The van der Waals surface area contributed by atoms with Crippen LogP contribution in [0.1, 0.15) is 45.1 Å². The molecular weight excluding hydrogens is 236 g/mol. The van der Waals surface area contributed by atoms with Crippen LogP contribution in [0.5, 0.6) is 0 Å². The molecule has 4 nitrogen and oxygen atoms in total. The quantitative estimate of drug-likeness (QED) is 0.886. The second-order valence-electron chi connectivity index (χ2n) is 5.78. The first kappa shape index (κ1) is 14.3. The lowest BCUT2D eigenvalue weighted by Gasteiger charge is -2.38. The Morgan fingerprint density at radius 2 is 2.05 bits per heavy atom. The van der Waals surface area contributed by atoms with Crippen molar-refractivity contribution in [3.63, 3.8) is 0 Å². The number of anilines is 1. The average molecular weight is 262 g/mol. The molecule has 1 atom stereocenters. The van der Waals surface area contributed by atoms with Crippen LogP contribution >= 0.6 is 0 Å². The lowest BCUT2D eigenvalue weighted by atomic mass is 9.98. The summed E-state index contributed by atoms with van der Waals surface area (Å²) in [5.74, 6) is 0.748. The van der Waals surface area contributed by atoms with Gasteiger partial charge in [0, 0.05) is 31.0 Å². The first-order valence-electron chi connectivity index (χ1n) is 7.45. The molecule has 4 heteroatoms. The standard InChI is InChI=1S/C15H26N4/c1-12(2)19-9-5-4-6-14(19)7-8-16-15-17-10-13(3)11-18-15/h10-12,14H,4-9H2,1-3H3,(H,16,17,18)/t14-/m0/s1. The van der Waals surface area contributed by atoms with Gasteiger partial charge in [-0.1, -0.05) is 6.42 Å². The number of nitrogens with zero attached hydrogens (tertiary/aromatic N) is 3. The van der Waals surface area contributed by atoms with Crippen molar-refractivity contribution in [3.8, 4) is 0 Å². The van der Waals surface area contributed by atoms with Gasteiger partial charge in [0.2, 0.25) is 5.95 Å². The Morgan fingerprint density at radius 3 is 2.74 bits per heavy atom. The molecule has 1 saturated heterocycles. The maximum Gasteiger partial charge on any atom is 0.222 e. The van der Waals surface area contributed by atoms with Gasteiger partial charge in [0.05, 0.1) is 0 Å². The lowest BCUT2D eigenvalue weighted by Crippen LogP contribution is -2.44. The van der Waals surface area contributed by atoms with Crippen LogP contribution in [0, 0.1) is 6.92 Å². The van der Waals surface area contributed by atoms with Gasteiger partial charge in [-0.2, -0.15) is 0 Å². The fourth-order valence-corrected chi connectivity index (χ4v) is 2.85. The Kier molecular flexibility index (Phi) is 5.14. The first-order valence-corrected chi connectivity index (χ1v) is 7.45. The van der Waals surface area contributed by atoms with E-state index in [4.69, 9.17) is 0 Å². The highest BCUT2D eigenvalue weighted by atomic mass is 15.2. The molecule has 1 aliphatic rings. The van der Waals surface area contributed by atoms with Crippen LogP contribution in [-0.2, 0) is 0 Å². The number of aryl methyl sites for hydroxylation is 1. The monoisotopic (exact) mass is 262 g/mol. The zero-order valence-electron chi connectivity index (χ0n) is 12.4. The summed E-state index contributed by atoms with van der Waals surface area (Å²) in [6.45, 7) is 8.82. The molecule has 0 unspecified atom stereocenters. The molecule has 0 aliphatic carbocycles. The van der Waals surface area contributed by atoms with Crippen molar-refractivity contribution in [3.05, 3.63) is 18.0 Å². The molecule has 2 heterocycles. The molecular formula is C15H26N4. The van der Waals surface area contributed by atoms with E-state index >= 15 is 0 Å². The lowest BCUT2D eigenvalue weighted by molar-refractivity contribution is 0.108. The Labute approximate surface area is 116 Å². The van der Waals surface area contributed by atoms with Crippen molar-refractivity contribution in [2.24, 2.45) is 0 Å². The molecule has 0 spiro atoms. The second kappa shape index (κ2) is 6.85. The minimum absolute atomic E-state index is 0.654. The van der Waals surface area contributed by atoms with Crippen LogP contribution in [0.4, 0.5) is 5.95 Å². The van der Waals surface area contributed by atoms with Crippen LogP contribution in [0.25, 0.3) is 0 Å². The van der Waals surface area contributed by atoms with Crippen molar-refractivity contribution >= 4 is 5.95 Å². The number of hydrogen-bond acceptors (Lipinski definition) is 4. The van der Waals surface area contributed by atoms with E-state index in [1.807, 2.05) is 19.3 Å². The van der Waals surface area contributed by atoms with Crippen LogP contribution in [0.2, 0.25) is 0 Å². The molecule has 0 amide bonds. The molecule has 1 aromatic rings. The van der Waals surface area contributed by atoms with Crippen molar-refractivity contribution < 1.29 is 0 Å². The van der Waals surface area contributed by atoms with Crippen LogP contribution in [0.3, 0.4) is 0 Å². The summed E-state index contributed by atoms with van der Waals surface area (Å²) >= 11 is 0. The summed E-state index contributed by atoms with van der Waals surface area (Å²) in [6, 6.07) is 1.37. The van der Waals surface area contributed by atoms with Gasteiger partial charge in [-0.15, -0.1) is 0 Å². The maximum absolute atomic E-state index is 4.28.